The van der Waals surface area contributed by atoms with Gasteiger partial charge in [-0.25, -0.2) is 0 Å². The van der Waals surface area contributed by atoms with E-state index in [1.807, 2.05) is 65.2 Å². The number of ether oxygens (including phenoxy) is 3. The molecule has 1 aliphatic rings. The van der Waals surface area contributed by atoms with Crippen LogP contribution in [0.1, 0.15) is 17.0 Å². The van der Waals surface area contributed by atoms with Crippen molar-refractivity contribution in [2.75, 3.05) is 21.3 Å². The van der Waals surface area contributed by atoms with Crippen LogP contribution in [-0.2, 0) is 6.54 Å². The van der Waals surface area contributed by atoms with E-state index in [-0.39, 0.29) is 0 Å². The molecule has 0 radical (unpaired) electrons. The highest BCUT2D eigenvalue weighted by atomic mass is 35.5. The van der Waals surface area contributed by atoms with E-state index >= 15 is 0 Å². The molecule has 0 spiro atoms. The number of methoxy groups -OCH3 is 3. The van der Waals surface area contributed by atoms with E-state index in [4.69, 9.17) is 30.8 Å². The third-order valence-electron chi connectivity index (χ3n) is 5.53. The van der Waals surface area contributed by atoms with Crippen molar-refractivity contribution in [1.82, 2.24) is 14.8 Å². The lowest BCUT2D eigenvalue weighted by Crippen LogP contribution is -2.08. The summed E-state index contributed by atoms with van der Waals surface area (Å²) in [5, 5.41) is 9.58. The van der Waals surface area contributed by atoms with Crippen molar-refractivity contribution >= 4 is 17.3 Å². The fourth-order valence-corrected chi connectivity index (χ4v) is 4.21. The highest BCUT2D eigenvalue weighted by Crippen LogP contribution is 2.42. The molecule has 0 aliphatic carbocycles. The van der Waals surface area contributed by atoms with E-state index in [1.54, 1.807) is 21.3 Å². The second-order valence-corrected chi connectivity index (χ2v) is 7.82. The minimum atomic E-state index is 0.369. The Morgan fingerprint density at radius 1 is 0.818 bits per heavy atom. The lowest BCUT2D eigenvalue weighted by Gasteiger charge is -2.16. The molecule has 2 heterocycles. The first-order valence-corrected chi connectivity index (χ1v) is 10.7. The molecule has 0 unspecified atom stereocenters. The molecule has 0 bridgehead atoms. The van der Waals surface area contributed by atoms with Gasteiger partial charge in [-0.05, 0) is 30.3 Å². The second kappa shape index (κ2) is 8.60. The summed E-state index contributed by atoms with van der Waals surface area (Å²) in [4.78, 5) is 4.88. The zero-order chi connectivity index (χ0) is 22.9. The Morgan fingerprint density at radius 2 is 1.55 bits per heavy atom. The van der Waals surface area contributed by atoms with Crippen molar-refractivity contribution in [3.05, 3.63) is 82.6 Å². The standard InChI is InChI=1S/C25H21ClN4O3/c1-31-20-11-16(12-21(32-2)24(20)33-3)25-29-28-22-14-27-23(15-7-5-4-6-8-15)18-13-17(26)9-10-19(18)30(22)25/h4-13H,14H2,1-3H3. The number of rotatable bonds is 5. The van der Waals surface area contributed by atoms with Gasteiger partial charge in [-0.2, -0.15) is 0 Å². The molecule has 0 saturated heterocycles. The first-order valence-electron chi connectivity index (χ1n) is 10.3. The van der Waals surface area contributed by atoms with Gasteiger partial charge in [-0.3, -0.25) is 9.56 Å². The van der Waals surface area contributed by atoms with Crippen LogP contribution in [0.5, 0.6) is 17.2 Å². The summed E-state index contributed by atoms with van der Waals surface area (Å²) >= 11 is 6.41. The van der Waals surface area contributed by atoms with Crippen molar-refractivity contribution in [2.24, 2.45) is 4.99 Å². The van der Waals surface area contributed by atoms with Crippen molar-refractivity contribution < 1.29 is 14.2 Å². The Hall–Kier alpha value is -3.84. The summed E-state index contributed by atoms with van der Waals surface area (Å²) in [6.07, 6.45) is 0. The Balaban J connectivity index is 1.74. The molecule has 3 aromatic carbocycles. The maximum absolute atomic E-state index is 6.41. The van der Waals surface area contributed by atoms with Crippen molar-refractivity contribution in [2.45, 2.75) is 6.54 Å². The largest absolute Gasteiger partial charge is 0.493 e. The van der Waals surface area contributed by atoms with Gasteiger partial charge in [0.25, 0.3) is 0 Å². The molecular formula is C25H21ClN4O3. The maximum Gasteiger partial charge on any atom is 0.203 e. The molecule has 1 aliphatic heterocycles. The summed E-state index contributed by atoms with van der Waals surface area (Å²) in [5.41, 5.74) is 4.43. The predicted octanol–water partition coefficient (Wildman–Crippen LogP) is 4.96. The van der Waals surface area contributed by atoms with E-state index in [9.17, 15) is 0 Å². The Morgan fingerprint density at radius 3 is 2.21 bits per heavy atom. The van der Waals surface area contributed by atoms with E-state index in [1.165, 1.54) is 0 Å². The number of aliphatic imine (C=N–C) groups is 1. The third kappa shape index (κ3) is 3.60. The quantitative estimate of drug-likeness (QED) is 0.420. The van der Waals surface area contributed by atoms with Gasteiger partial charge in [0.05, 0.1) is 32.7 Å². The maximum atomic E-state index is 6.41. The number of hydrogen-bond donors (Lipinski definition) is 0. The number of halogens is 1. The summed E-state index contributed by atoms with van der Waals surface area (Å²) in [7, 11) is 4.75. The second-order valence-electron chi connectivity index (χ2n) is 7.38. The monoisotopic (exact) mass is 460 g/mol. The average Bonchev–Trinajstić information content (AvgIpc) is 3.20. The van der Waals surface area contributed by atoms with Crippen LogP contribution in [0.2, 0.25) is 5.02 Å². The molecule has 0 amide bonds. The van der Waals surface area contributed by atoms with E-state index < -0.39 is 0 Å². The van der Waals surface area contributed by atoms with Gasteiger partial charge in [-0.15, -0.1) is 10.2 Å². The normalized spacial score (nSPS) is 12.3. The van der Waals surface area contributed by atoms with Gasteiger partial charge in [0.15, 0.2) is 23.1 Å². The van der Waals surface area contributed by atoms with E-state index in [2.05, 4.69) is 10.2 Å². The van der Waals surface area contributed by atoms with Gasteiger partial charge in [-0.1, -0.05) is 41.9 Å². The average molecular weight is 461 g/mol. The molecule has 8 heteroatoms. The molecule has 0 saturated carbocycles. The van der Waals surface area contributed by atoms with Crippen LogP contribution in [-0.4, -0.2) is 41.8 Å². The van der Waals surface area contributed by atoms with Crippen LogP contribution in [0.25, 0.3) is 17.1 Å². The third-order valence-corrected chi connectivity index (χ3v) is 5.77. The Bertz CT molecular complexity index is 1340. The minimum absolute atomic E-state index is 0.369. The van der Waals surface area contributed by atoms with Crippen LogP contribution < -0.4 is 14.2 Å². The van der Waals surface area contributed by atoms with Crippen LogP contribution in [0.3, 0.4) is 0 Å². The Labute approximate surface area is 196 Å². The summed E-state index contributed by atoms with van der Waals surface area (Å²) < 4.78 is 18.6. The summed E-state index contributed by atoms with van der Waals surface area (Å²) in [6.45, 7) is 0.369. The van der Waals surface area contributed by atoms with E-state index in [0.717, 1.165) is 28.1 Å². The lowest BCUT2D eigenvalue weighted by atomic mass is 10.0. The summed E-state index contributed by atoms with van der Waals surface area (Å²) in [6, 6.07) is 19.5. The molecule has 4 aromatic rings. The molecule has 33 heavy (non-hydrogen) atoms. The van der Waals surface area contributed by atoms with Gasteiger partial charge in [0, 0.05) is 21.7 Å². The van der Waals surface area contributed by atoms with Gasteiger partial charge >= 0.3 is 0 Å². The highest BCUT2D eigenvalue weighted by molar-refractivity contribution is 6.31. The Kier molecular flexibility index (Phi) is 5.48. The molecule has 5 rings (SSSR count). The topological polar surface area (TPSA) is 70.8 Å². The van der Waals surface area contributed by atoms with Gasteiger partial charge < -0.3 is 14.2 Å². The van der Waals surface area contributed by atoms with Crippen molar-refractivity contribution in [1.29, 1.82) is 0 Å². The van der Waals surface area contributed by atoms with Crippen molar-refractivity contribution in [3.8, 4) is 34.3 Å². The molecular weight excluding hydrogens is 440 g/mol. The zero-order valence-electron chi connectivity index (χ0n) is 18.4. The fourth-order valence-electron chi connectivity index (χ4n) is 4.04. The molecule has 7 nitrogen and oxygen atoms in total. The highest BCUT2D eigenvalue weighted by Gasteiger charge is 2.25. The fraction of sp³-hybridized carbons (Fsp3) is 0.160. The molecule has 0 N–H and O–H groups in total. The molecule has 1 aromatic heterocycles. The molecule has 0 atom stereocenters. The lowest BCUT2D eigenvalue weighted by molar-refractivity contribution is 0.324. The minimum Gasteiger partial charge on any atom is -0.493 e. The van der Waals surface area contributed by atoms with Crippen LogP contribution in [0, 0.1) is 0 Å². The number of benzene rings is 3. The van der Waals surface area contributed by atoms with Gasteiger partial charge in [0.2, 0.25) is 5.75 Å². The van der Waals surface area contributed by atoms with Crippen molar-refractivity contribution in [3.63, 3.8) is 0 Å². The molecule has 0 fully saturated rings. The smallest absolute Gasteiger partial charge is 0.203 e. The predicted molar refractivity (Wildman–Crippen MR) is 127 cm³/mol. The number of aromatic nitrogens is 3. The van der Waals surface area contributed by atoms with Gasteiger partial charge in [0.1, 0.15) is 6.54 Å². The molecule has 166 valence electrons. The number of hydrogen-bond acceptors (Lipinski definition) is 6. The first kappa shape index (κ1) is 21.0. The summed E-state index contributed by atoms with van der Waals surface area (Å²) in [5.74, 6) is 2.94. The van der Waals surface area contributed by atoms with Crippen LogP contribution >= 0.6 is 11.6 Å². The SMILES string of the molecule is COc1cc(-c2nnc3n2-c2ccc(Cl)cc2C(c2ccccc2)=NC3)cc(OC)c1OC. The van der Waals surface area contributed by atoms with Crippen LogP contribution in [0.4, 0.5) is 0 Å². The van der Waals surface area contributed by atoms with Crippen LogP contribution in [0.15, 0.2) is 65.7 Å². The number of fused-ring (bicyclic) bond motifs is 3. The van der Waals surface area contributed by atoms with E-state index in [0.29, 0.717) is 40.5 Å². The number of nitrogens with zero attached hydrogens (tertiary/aromatic N) is 4. The zero-order valence-corrected chi connectivity index (χ0v) is 19.1. The first-order chi connectivity index (χ1) is 16.1.